The van der Waals surface area contributed by atoms with Crippen molar-refractivity contribution in [1.29, 1.82) is 0 Å². The second kappa shape index (κ2) is 32.0. The van der Waals surface area contributed by atoms with Gasteiger partial charge in [-0.05, 0) is 19.3 Å². The number of nitrogens with two attached hydrogens (primary N) is 2. The summed E-state index contributed by atoms with van der Waals surface area (Å²) in [6.45, 7) is 7.32. The number of H-pyrrole nitrogens is 1. The van der Waals surface area contributed by atoms with Crippen LogP contribution in [0, 0.1) is 11.3 Å². The van der Waals surface area contributed by atoms with E-state index in [9.17, 15) is 24.0 Å². The van der Waals surface area contributed by atoms with E-state index < -0.39 is 23.3 Å². The number of amides is 3. The monoisotopic (exact) mass is 777 g/mol. The fraction of sp³-hybridized carbons (Fsp3) is 0.810. The van der Waals surface area contributed by atoms with Gasteiger partial charge >= 0.3 is 0 Å². The number of carbonyl (C=O) groups is 5. The van der Waals surface area contributed by atoms with Crippen molar-refractivity contribution in [2.24, 2.45) is 22.8 Å². The third kappa shape index (κ3) is 27.1. The molecule has 0 aliphatic heterocycles. The predicted octanol–water partition coefficient (Wildman–Crippen LogP) is 6.02. The highest BCUT2D eigenvalue weighted by Gasteiger charge is 2.34. The summed E-state index contributed by atoms with van der Waals surface area (Å²) < 4.78 is 10.9. The third-order valence-electron chi connectivity index (χ3n) is 10.1. The predicted molar refractivity (Wildman–Crippen MR) is 217 cm³/mol. The van der Waals surface area contributed by atoms with Gasteiger partial charge in [0, 0.05) is 62.0 Å². The highest BCUT2D eigenvalue weighted by atomic mass is 16.5. The average Bonchev–Trinajstić information content (AvgIpc) is 3.66. The van der Waals surface area contributed by atoms with Gasteiger partial charge in [-0.3, -0.25) is 24.0 Å². The minimum absolute atomic E-state index is 0.0370. The van der Waals surface area contributed by atoms with Gasteiger partial charge in [-0.1, -0.05) is 117 Å². The zero-order valence-electron chi connectivity index (χ0n) is 34.6. The molecule has 0 aliphatic carbocycles. The van der Waals surface area contributed by atoms with Gasteiger partial charge in [0.1, 0.15) is 12.4 Å². The van der Waals surface area contributed by atoms with E-state index in [1.165, 1.54) is 89.8 Å². The Morgan fingerprint density at radius 2 is 1.35 bits per heavy atom. The summed E-state index contributed by atoms with van der Waals surface area (Å²) >= 11 is 0. The largest absolute Gasteiger partial charge is 0.377 e. The number of ketones is 2. The van der Waals surface area contributed by atoms with Crippen LogP contribution in [0.4, 0.5) is 0 Å². The molecule has 0 saturated heterocycles. The minimum atomic E-state index is -0.990. The van der Waals surface area contributed by atoms with Crippen LogP contribution in [0.3, 0.4) is 0 Å². The Hall–Kier alpha value is -3.16. The van der Waals surface area contributed by atoms with Crippen LogP contribution in [0.1, 0.15) is 161 Å². The Kier molecular flexibility index (Phi) is 29.0. The van der Waals surface area contributed by atoms with Crippen LogP contribution in [0.2, 0.25) is 0 Å². The van der Waals surface area contributed by atoms with E-state index in [0.717, 1.165) is 18.5 Å². The molecule has 0 aliphatic rings. The molecule has 13 nitrogen and oxygen atoms in total. The smallest absolute Gasteiger partial charge is 0.245 e. The second-order valence-corrected chi connectivity index (χ2v) is 15.7. The van der Waals surface area contributed by atoms with Gasteiger partial charge in [0.15, 0.2) is 5.78 Å². The van der Waals surface area contributed by atoms with Crippen LogP contribution in [0.15, 0.2) is 12.5 Å². The third-order valence-corrected chi connectivity index (χ3v) is 10.1. The van der Waals surface area contributed by atoms with Crippen LogP contribution in [0.25, 0.3) is 0 Å². The summed E-state index contributed by atoms with van der Waals surface area (Å²) in [6.07, 6.45) is 25.0. The van der Waals surface area contributed by atoms with Gasteiger partial charge in [0.05, 0.1) is 32.2 Å². The van der Waals surface area contributed by atoms with E-state index >= 15 is 0 Å². The quantitative estimate of drug-likeness (QED) is 0.0497. The molecule has 0 fully saturated rings. The van der Waals surface area contributed by atoms with Crippen LogP contribution >= 0.6 is 0 Å². The zero-order valence-corrected chi connectivity index (χ0v) is 34.6. The van der Waals surface area contributed by atoms with Gasteiger partial charge in [-0.15, -0.1) is 0 Å². The van der Waals surface area contributed by atoms with Gasteiger partial charge in [-0.25, -0.2) is 4.98 Å². The number of hydrogen-bond donors (Lipinski definition) is 5. The summed E-state index contributed by atoms with van der Waals surface area (Å²) in [4.78, 5) is 68.8. The minimum Gasteiger partial charge on any atom is -0.377 e. The van der Waals surface area contributed by atoms with Crippen molar-refractivity contribution in [3.8, 4) is 0 Å². The number of unbranched alkanes of at least 4 members (excludes halogenated alkanes) is 15. The van der Waals surface area contributed by atoms with Gasteiger partial charge in [0.25, 0.3) is 0 Å². The number of hydrogen-bond acceptors (Lipinski definition) is 9. The molecule has 316 valence electrons. The number of imidazole rings is 1. The summed E-state index contributed by atoms with van der Waals surface area (Å²) in [5.74, 6) is -1.89. The van der Waals surface area contributed by atoms with Crippen LogP contribution in [-0.4, -0.2) is 84.8 Å². The first-order valence-electron chi connectivity index (χ1n) is 21.2. The fourth-order valence-corrected chi connectivity index (χ4v) is 6.44. The highest BCUT2D eigenvalue weighted by molar-refractivity contribution is 5.94. The number of nitrogens with one attached hydrogen (secondary N) is 3. The molecule has 55 heavy (non-hydrogen) atoms. The maximum Gasteiger partial charge on any atom is 0.245 e. The Balaban J connectivity index is 1.99. The first-order valence-corrected chi connectivity index (χ1v) is 21.2. The molecular weight excluding hydrogens is 700 g/mol. The van der Waals surface area contributed by atoms with E-state index in [2.05, 4.69) is 27.5 Å². The molecule has 0 spiro atoms. The Morgan fingerprint density at radius 1 is 0.764 bits per heavy atom. The molecule has 1 aromatic heterocycles. The zero-order chi connectivity index (χ0) is 40.6. The average molecular weight is 777 g/mol. The number of rotatable bonds is 38. The van der Waals surface area contributed by atoms with E-state index in [-0.39, 0.29) is 49.4 Å². The molecule has 1 aromatic rings. The topological polar surface area (TPSA) is 209 Å². The number of carbonyl (C=O) groups excluding carboxylic acids is 5. The molecule has 7 N–H and O–H groups in total. The Bertz CT molecular complexity index is 1180. The summed E-state index contributed by atoms with van der Waals surface area (Å²) in [6, 6.07) is -0.767. The van der Waals surface area contributed by atoms with Crippen molar-refractivity contribution in [2.75, 3.05) is 39.5 Å². The van der Waals surface area contributed by atoms with Crippen molar-refractivity contribution in [1.82, 2.24) is 20.6 Å². The molecule has 1 rings (SSSR count). The number of primary amides is 1. The second-order valence-electron chi connectivity index (χ2n) is 15.7. The molecule has 0 radical (unpaired) electrons. The number of aromatic nitrogens is 2. The van der Waals surface area contributed by atoms with Gasteiger partial charge in [0.2, 0.25) is 17.7 Å². The number of ether oxygens (including phenoxy) is 2. The first kappa shape index (κ1) is 49.9. The summed E-state index contributed by atoms with van der Waals surface area (Å²) in [5, 5.41) is 5.67. The lowest BCUT2D eigenvalue weighted by molar-refractivity contribution is -0.135. The molecule has 0 bridgehead atoms. The standard InChI is InChI=1S/C42H76N6O7/c1-4-5-6-7-8-9-10-11-12-13-14-15-16-17-18-22-39(51)47-24-25-54-26-27-55-32-40(52)46-23-20-19-21-34(41(44)53)28-38(50)42(2,3)30-37(49)36(43)29-35-31-45-33-48-35/h31,33-34,36H,4-30,32,43H2,1-3H3,(H2,44,53)(H,45,48)(H,46,52)(H,47,51)/t34-,36+/m1/s1. The Morgan fingerprint density at radius 3 is 1.93 bits per heavy atom. The molecule has 13 heteroatoms. The van der Waals surface area contributed by atoms with E-state index in [1.54, 1.807) is 20.0 Å². The van der Waals surface area contributed by atoms with Gasteiger partial charge in [-0.2, -0.15) is 0 Å². The molecule has 3 amide bonds. The van der Waals surface area contributed by atoms with Crippen LogP contribution in [0.5, 0.6) is 0 Å². The summed E-state index contributed by atoms with van der Waals surface area (Å²) in [7, 11) is 0. The molecule has 2 atom stereocenters. The Labute approximate surface area is 331 Å². The lowest BCUT2D eigenvalue weighted by atomic mass is 9.77. The van der Waals surface area contributed by atoms with Crippen molar-refractivity contribution < 1.29 is 33.4 Å². The highest BCUT2D eigenvalue weighted by Crippen LogP contribution is 2.28. The maximum absolute atomic E-state index is 13.1. The van der Waals surface area contributed by atoms with Crippen molar-refractivity contribution >= 4 is 29.3 Å². The fourth-order valence-electron chi connectivity index (χ4n) is 6.44. The molecule has 0 unspecified atom stereocenters. The molecule has 0 aromatic carbocycles. The van der Waals surface area contributed by atoms with E-state index in [4.69, 9.17) is 20.9 Å². The summed E-state index contributed by atoms with van der Waals surface area (Å²) in [5.41, 5.74) is 11.4. The normalized spacial score (nSPS) is 12.7. The number of Topliss-reactive ketones (excluding diaryl/α,β-unsaturated/α-hetero) is 2. The van der Waals surface area contributed by atoms with Crippen molar-refractivity contribution in [2.45, 2.75) is 168 Å². The van der Waals surface area contributed by atoms with Crippen molar-refractivity contribution in [3.63, 3.8) is 0 Å². The lowest BCUT2D eigenvalue weighted by Gasteiger charge is -2.25. The SMILES string of the molecule is CCCCCCCCCCCCCCCCCC(=O)NCCOCCOCC(=O)NCCCC[C@H](CC(=O)C(C)(C)CC(=O)[C@@H](N)Cc1cnc[nH]1)C(N)=O. The van der Waals surface area contributed by atoms with Crippen molar-refractivity contribution in [3.05, 3.63) is 18.2 Å². The number of aromatic amines is 1. The number of nitrogens with zero attached hydrogens (tertiary/aromatic N) is 1. The lowest BCUT2D eigenvalue weighted by Crippen LogP contribution is -2.39. The van der Waals surface area contributed by atoms with E-state index in [1.807, 2.05) is 0 Å². The maximum atomic E-state index is 13.1. The molecule has 0 saturated carbocycles. The van der Waals surface area contributed by atoms with Crippen LogP contribution < -0.4 is 22.1 Å². The van der Waals surface area contributed by atoms with Crippen LogP contribution in [-0.2, 0) is 39.9 Å². The molecule has 1 heterocycles. The van der Waals surface area contributed by atoms with Gasteiger partial charge < -0.3 is 36.6 Å². The molecular formula is C42H76N6O7. The van der Waals surface area contributed by atoms with E-state index in [0.29, 0.717) is 58.4 Å². The first-order chi connectivity index (χ1) is 26.5.